The number of hydrogen-bond acceptors (Lipinski definition) is 7. The van der Waals surface area contributed by atoms with Crippen molar-refractivity contribution >= 4 is 23.6 Å². The number of amides is 1. The van der Waals surface area contributed by atoms with Crippen LogP contribution in [0.5, 0.6) is 17.4 Å². The summed E-state index contributed by atoms with van der Waals surface area (Å²) in [7, 11) is 0. The van der Waals surface area contributed by atoms with E-state index in [9.17, 15) is 4.79 Å². The first-order valence-electron chi connectivity index (χ1n) is 15.3. The number of carbonyl (C=O) groups is 1. The number of pyridine rings is 1. The maximum absolute atomic E-state index is 12.9. The van der Waals surface area contributed by atoms with E-state index in [1.807, 2.05) is 30.0 Å². The van der Waals surface area contributed by atoms with Crippen molar-refractivity contribution in [3.05, 3.63) is 123 Å². The molecule has 1 aromatic heterocycles. The van der Waals surface area contributed by atoms with Crippen LogP contribution in [0.2, 0.25) is 5.02 Å². The predicted molar refractivity (Wildman–Crippen MR) is 179 cm³/mol. The summed E-state index contributed by atoms with van der Waals surface area (Å²) in [4.78, 5) is 21.5. The van der Waals surface area contributed by atoms with Gasteiger partial charge in [-0.1, -0.05) is 48.0 Å². The van der Waals surface area contributed by atoms with Crippen molar-refractivity contribution in [3.8, 4) is 23.4 Å². The van der Waals surface area contributed by atoms with Crippen LogP contribution >= 0.6 is 11.6 Å². The van der Waals surface area contributed by atoms with E-state index >= 15 is 0 Å². The van der Waals surface area contributed by atoms with E-state index in [0.717, 1.165) is 49.2 Å². The van der Waals surface area contributed by atoms with Gasteiger partial charge < -0.3 is 19.5 Å². The third kappa shape index (κ3) is 9.18. The number of aliphatic hydroxyl groups excluding tert-OH is 1. The second-order valence-electron chi connectivity index (χ2n) is 11.3. The molecule has 0 saturated carbocycles. The summed E-state index contributed by atoms with van der Waals surface area (Å²) in [6, 6.07) is 25.1. The predicted octanol–water partition coefficient (Wildman–Crippen LogP) is 6.57. The molecule has 1 saturated heterocycles. The zero-order chi connectivity index (χ0) is 32.3. The van der Waals surface area contributed by atoms with E-state index in [-0.39, 0.29) is 12.5 Å². The van der Waals surface area contributed by atoms with Gasteiger partial charge in [0.1, 0.15) is 12.4 Å². The molecule has 1 amide bonds. The van der Waals surface area contributed by atoms with Crippen molar-refractivity contribution < 1.29 is 19.4 Å². The van der Waals surface area contributed by atoms with Gasteiger partial charge in [0.2, 0.25) is 11.8 Å². The number of ether oxygens (including phenoxy) is 2. The summed E-state index contributed by atoms with van der Waals surface area (Å²) in [5, 5.41) is 18.4. The van der Waals surface area contributed by atoms with Crippen LogP contribution in [-0.4, -0.2) is 58.6 Å². The van der Waals surface area contributed by atoms with Crippen LogP contribution in [0, 0.1) is 18.3 Å². The summed E-state index contributed by atoms with van der Waals surface area (Å²) >= 11 is 6.59. The van der Waals surface area contributed by atoms with Crippen molar-refractivity contribution in [1.82, 2.24) is 14.8 Å². The lowest BCUT2D eigenvalue weighted by Gasteiger charge is -2.34. The van der Waals surface area contributed by atoms with Crippen LogP contribution in [0.1, 0.15) is 39.8 Å². The summed E-state index contributed by atoms with van der Waals surface area (Å²) < 4.78 is 11.8. The molecule has 9 heteroatoms. The van der Waals surface area contributed by atoms with Crippen LogP contribution in [0.3, 0.4) is 0 Å². The normalized spacial score (nSPS) is 13.5. The number of carbonyl (C=O) groups excluding carboxylic acids is 1. The molecule has 1 aliphatic rings. The van der Waals surface area contributed by atoms with E-state index in [1.165, 1.54) is 11.1 Å². The number of halogens is 1. The number of nitrogens with zero attached hydrogens (tertiary/aromatic N) is 4. The molecule has 2 heterocycles. The Balaban J connectivity index is 1.09. The molecular weight excluding hydrogens is 600 g/mol. The van der Waals surface area contributed by atoms with E-state index in [4.69, 9.17) is 31.4 Å². The first-order chi connectivity index (χ1) is 22.4. The Bertz CT molecular complexity index is 1650. The van der Waals surface area contributed by atoms with E-state index in [1.54, 1.807) is 48.7 Å². The summed E-state index contributed by atoms with van der Waals surface area (Å²) in [5.74, 6) is 1.45. The second-order valence-corrected chi connectivity index (χ2v) is 11.7. The highest BCUT2D eigenvalue weighted by Gasteiger charge is 2.20. The SMILES string of the molecule is Cc1cc(C=CC(=O)N2CCN(Cc3ccc(CCCO)cc3)CC2)cc(Cl)c1Oc1ccc(OCc2ccc(C#N)cc2)cn1. The lowest BCUT2D eigenvalue weighted by Crippen LogP contribution is -2.47. The summed E-state index contributed by atoms with van der Waals surface area (Å²) in [6.45, 7) is 6.32. The van der Waals surface area contributed by atoms with Gasteiger partial charge in [0.05, 0.1) is 22.9 Å². The molecule has 236 valence electrons. The number of aryl methyl sites for hydroxylation is 2. The van der Waals surface area contributed by atoms with Gasteiger partial charge in [0.15, 0.2) is 5.75 Å². The molecule has 0 spiro atoms. The van der Waals surface area contributed by atoms with Gasteiger partial charge in [-0.05, 0) is 84.0 Å². The Kier molecular flexibility index (Phi) is 11.4. The van der Waals surface area contributed by atoms with Gasteiger partial charge in [-0.15, -0.1) is 0 Å². The molecule has 5 rings (SSSR count). The average molecular weight is 637 g/mol. The molecule has 0 aliphatic carbocycles. The fourth-order valence-electron chi connectivity index (χ4n) is 5.19. The van der Waals surface area contributed by atoms with E-state index in [2.05, 4.69) is 40.2 Å². The Hall–Kier alpha value is -4.68. The number of rotatable bonds is 12. The fourth-order valence-corrected chi connectivity index (χ4v) is 5.51. The molecule has 1 N–H and O–H groups in total. The van der Waals surface area contributed by atoms with Gasteiger partial charge >= 0.3 is 0 Å². The minimum Gasteiger partial charge on any atom is -0.487 e. The van der Waals surface area contributed by atoms with Crippen LogP contribution in [0.4, 0.5) is 0 Å². The van der Waals surface area contributed by atoms with E-state index in [0.29, 0.717) is 47.7 Å². The molecule has 0 bridgehead atoms. The lowest BCUT2D eigenvalue weighted by atomic mass is 10.1. The van der Waals surface area contributed by atoms with Gasteiger partial charge in [0, 0.05) is 51.5 Å². The maximum atomic E-state index is 12.9. The zero-order valence-corrected chi connectivity index (χ0v) is 26.6. The van der Waals surface area contributed by atoms with Crippen LogP contribution < -0.4 is 9.47 Å². The topological polar surface area (TPSA) is 98.9 Å². The minimum absolute atomic E-state index is 0.0207. The Morgan fingerprint density at radius 1 is 1.00 bits per heavy atom. The van der Waals surface area contributed by atoms with Crippen molar-refractivity contribution in [2.24, 2.45) is 0 Å². The van der Waals surface area contributed by atoms with Crippen molar-refractivity contribution in [2.45, 2.75) is 32.9 Å². The van der Waals surface area contributed by atoms with Crippen LogP contribution in [-0.2, 0) is 24.4 Å². The standard InChI is InChI=1S/C37H37ClN4O4/c1-27-21-32(12-15-36(44)42-18-16-41(17-19-42)25-30-8-4-28(5-9-30)3-2-20-43)22-34(38)37(27)46-35-14-13-33(24-40-35)45-26-31-10-6-29(23-39)7-11-31/h4-15,21-22,24,43H,2-3,16-20,25-26H2,1H3. The molecule has 8 nitrogen and oxygen atoms in total. The smallest absolute Gasteiger partial charge is 0.246 e. The Morgan fingerprint density at radius 3 is 2.37 bits per heavy atom. The maximum Gasteiger partial charge on any atom is 0.246 e. The first kappa shape index (κ1) is 32.7. The molecule has 1 aliphatic heterocycles. The zero-order valence-electron chi connectivity index (χ0n) is 25.9. The van der Waals surface area contributed by atoms with Crippen LogP contribution in [0.25, 0.3) is 6.08 Å². The van der Waals surface area contributed by atoms with Crippen molar-refractivity contribution in [2.75, 3.05) is 32.8 Å². The fraction of sp³-hybridized carbons (Fsp3) is 0.270. The molecule has 1 fully saturated rings. The highest BCUT2D eigenvalue weighted by molar-refractivity contribution is 6.32. The molecular formula is C37H37ClN4O4. The lowest BCUT2D eigenvalue weighted by molar-refractivity contribution is -0.127. The van der Waals surface area contributed by atoms with Gasteiger partial charge in [-0.25, -0.2) is 4.98 Å². The number of aliphatic hydroxyl groups is 1. The molecule has 0 unspecified atom stereocenters. The molecule has 4 aromatic rings. The first-order valence-corrected chi connectivity index (χ1v) is 15.7. The quantitative estimate of drug-likeness (QED) is 0.176. The van der Waals surface area contributed by atoms with Gasteiger partial charge in [-0.3, -0.25) is 9.69 Å². The van der Waals surface area contributed by atoms with E-state index < -0.39 is 0 Å². The summed E-state index contributed by atoms with van der Waals surface area (Å²) in [6.07, 6.45) is 6.65. The average Bonchev–Trinajstić information content (AvgIpc) is 3.08. The monoisotopic (exact) mass is 636 g/mol. The molecule has 3 aromatic carbocycles. The highest BCUT2D eigenvalue weighted by atomic mass is 35.5. The largest absolute Gasteiger partial charge is 0.487 e. The van der Waals surface area contributed by atoms with Crippen molar-refractivity contribution in [1.29, 1.82) is 5.26 Å². The second kappa shape index (κ2) is 16.1. The molecule has 0 atom stereocenters. The number of piperazine rings is 1. The third-order valence-corrected chi connectivity index (χ3v) is 8.09. The minimum atomic E-state index is -0.0207. The highest BCUT2D eigenvalue weighted by Crippen LogP contribution is 2.34. The Morgan fingerprint density at radius 2 is 1.72 bits per heavy atom. The Labute approximate surface area is 275 Å². The van der Waals surface area contributed by atoms with Gasteiger partial charge in [0.25, 0.3) is 0 Å². The molecule has 46 heavy (non-hydrogen) atoms. The number of nitriles is 1. The number of benzene rings is 3. The number of hydrogen-bond donors (Lipinski definition) is 1. The molecule has 0 radical (unpaired) electrons. The number of aromatic nitrogens is 1. The third-order valence-electron chi connectivity index (χ3n) is 7.81. The van der Waals surface area contributed by atoms with Gasteiger partial charge in [-0.2, -0.15) is 5.26 Å². The summed E-state index contributed by atoms with van der Waals surface area (Å²) in [5.41, 5.74) is 5.68. The van der Waals surface area contributed by atoms with Crippen molar-refractivity contribution in [3.63, 3.8) is 0 Å². The van der Waals surface area contributed by atoms with Crippen LogP contribution in [0.15, 0.2) is 85.1 Å².